The van der Waals surface area contributed by atoms with E-state index in [0.717, 1.165) is 6.42 Å². The maximum atomic E-state index is 5.53. The van der Waals surface area contributed by atoms with Gasteiger partial charge in [0, 0.05) is 0 Å². The van der Waals surface area contributed by atoms with Crippen LogP contribution in [0.25, 0.3) is 0 Å². The van der Waals surface area contributed by atoms with Gasteiger partial charge in [-0.05, 0) is 11.8 Å². The van der Waals surface area contributed by atoms with Gasteiger partial charge in [-0.15, -0.1) is 23.2 Å². The summed E-state index contributed by atoms with van der Waals surface area (Å²) < 4.78 is 0. The summed E-state index contributed by atoms with van der Waals surface area (Å²) >= 11 is 11.1. The standard InChI is InChI=1S/C7H10Cl2/c1-7(2)4-5(7)3-6(8)9/h3,6H,4H2,1-2H3/b5-3+. The number of allylic oxidation sites excluding steroid dienone is 2. The third-order valence-corrected chi connectivity index (χ3v) is 1.96. The van der Waals surface area contributed by atoms with E-state index in [1.165, 1.54) is 5.57 Å². The van der Waals surface area contributed by atoms with Crippen molar-refractivity contribution in [3.63, 3.8) is 0 Å². The Balaban J connectivity index is 2.50. The molecule has 0 heterocycles. The van der Waals surface area contributed by atoms with Crippen molar-refractivity contribution < 1.29 is 0 Å². The molecule has 0 saturated heterocycles. The molecule has 1 fully saturated rings. The average molecular weight is 165 g/mol. The van der Waals surface area contributed by atoms with Crippen molar-refractivity contribution in [2.45, 2.75) is 25.1 Å². The second-order valence-corrected chi connectivity index (χ2v) is 4.25. The number of hydrogen-bond donors (Lipinski definition) is 0. The Bertz CT molecular complexity index is 145. The fourth-order valence-electron chi connectivity index (χ4n) is 0.869. The van der Waals surface area contributed by atoms with Gasteiger partial charge in [-0.1, -0.05) is 25.5 Å². The van der Waals surface area contributed by atoms with E-state index in [0.29, 0.717) is 5.41 Å². The minimum absolute atomic E-state index is 0.318. The topological polar surface area (TPSA) is 0 Å². The van der Waals surface area contributed by atoms with E-state index in [-0.39, 0.29) is 4.84 Å². The van der Waals surface area contributed by atoms with E-state index < -0.39 is 0 Å². The lowest BCUT2D eigenvalue weighted by molar-refractivity contribution is 0.686. The van der Waals surface area contributed by atoms with Crippen molar-refractivity contribution in [2.75, 3.05) is 0 Å². The maximum absolute atomic E-state index is 5.53. The van der Waals surface area contributed by atoms with Gasteiger partial charge in [0.2, 0.25) is 0 Å². The van der Waals surface area contributed by atoms with E-state index in [2.05, 4.69) is 13.8 Å². The third-order valence-electron chi connectivity index (χ3n) is 1.70. The van der Waals surface area contributed by atoms with Crippen LogP contribution in [0.1, 0.15) is 20.3 Å². The van der Waals surface area contributed by atoms with E-state index in [1.807, 2.05) is 6.08 Å². The molecule has 0 spiro atoms. The molecule has 0 aromatic heterocycles. The van der Waals surface area contributed by atoms with Crippen LogP contribution in [0.3, 0.4) is 0 Å². The van der Waals surface area contributed by atoms with Gasteiger partial charge in [0.15, 0.2) is 0 Å². The zero-order valence-corrected chi connectivity index (χ0v) is 7.13. The van der Waals surface area contributed by atoms with Crippen molar-refractivity contribution in [3.05, 3.63) is 11.6 Å². The largest absolute Gasteiger partial charge is 0.126 e. The van der Waals surface area contributed by atoms with Crippen LogP contribution in [0.15, 0.2) is 11.6 Å². The molecule has 0 N–H and O–H groups in total. The Morgan fingerprint density at radius 2 is 2.00 bits per heavy atom. The zero-order chi connectivity index (χ0) is 7.07. The first-order chi connectivity index (χ1) is 4.02. The minimum Gasteiger partial charge on any atom is -0.101 e. The Morgan fingerprint density at radius 1 is 1.56 bits per heavy atom. The van der Waals surface area contributed by atoms with Gasteiger partial charge in [-0.25, -0.2) is 0 Å². The molecule has 0 atom stereocenters. The first-order valence-electron chi connectivity index (χ1n) is 3.02. The molecule has 0 aromatic carbocycles. The monoisotopic (exact) mass is 164 g/mol. The molecule has 1 rings (SSSR count). The second-order valence-electron chi connectivity index (χ2n) is 3.09. The van der Waals surface area contributed by atoms with Crippen LogP contribution in [0, 0.1) is 5.41 Å². The van der Waals surface area contributed by atoms with Gasteiger partial charge >= 0.3 is 0 Å². The fourth-order valence-corrected chi connectivity index (χ4v) is 1.17. The minimum atomic E-state index is -0.318. The number of alkyl halides is 2. The van der Waals surface area contributed by atoms with E-state index >= 15 is 0 Å². The second kappa shape index (κ2) is 2.17. The van der Waals surface area contributed by atoms with Gasteiger partial charge in [-0.2, -0.15) is 0 Å². The molecule has 0 bridgehead atoms. The summed E-state index contributed by atoms with van der Waals surface area (Å²) in [4.78, 5) is -0.318. The highest BCUT2D eigenvalue weighted by molar-refractivity contribution is 6.45. The number of hydrogen-bond acceptors (Lipinski definition) is 0. The van der Waals surface area contributed by atoms with Crippen LogP contribution in [-0.4, -0.2) is 4.84 Å². The van der Waals surface area contributed by atoms with Crippen molar-refractivity contribution in [3.8, 4) is 0 Å². The Kier molecular flexibility index (Phi) is 1.79. The van der Waals surface area contributed by atoms with Crippen LogP contribution in [0.4, 0.5) is 0 Å². The van der Waals surface area contributed by atoms with Crippen molar-refractivity contribution in [2.24, 2.45) is 5.41 Å². The Labute approximate surface area is 65.8 Å². The van der Waals surface area contributed by atoms with Crippen molar-refractivity contribution in [1.29, 1.82) is 0 Å². The lowest BCUT2D eigenvalue weighted by Gasteiger charge is -1.92. The first kappa shape index (κ1) is 7.43. The molecule has 2 heteroatoms. The van der Waals surface area contributed by atoms with Crippen LogP contribution in [0.2, 0.25) is 0 Å². The molecule has 9 heavy (non-hydrogen) atoms. The molecule has 1 saturated carbocycles. The zero-order valence-electron chi connectivity index (χ0n) is 5.62. The third kappa shape index (κ3) is 1.87. The lowest BCUT2D eigenvalue weighted by atomic mass is 10.2. The first-order valence-corrected chi connectivity index (χ1v) is 3.89. The van der Waals surface area contributed by atoms with E-state index in [9.17, 15) is 0 Å². The summed E-state index contributed by atoms with van der Waals surface area (Å²) in [5.41, 5.74) is 1.78. The highest BCUT2D eigenvalue weighted by atomic mass is 35.5. The van der Waals surface area contributed by atoms with Gasteiger partial charge in [0.25, 0.3) is 0 Å². The highest BCUT2D eigenvalue weighted by Gasteiger charge is 2.38. The Morgan fingerprint density at radius 3 is 2.11 bits per heavy atom. The molecule has 0 aliphatic heterocycles. The molecule has 52 valence electrons. The van der Waals surface area contributed by atoms with Crippen LogP contribution in [-0.2, 0) is 0 Å². The van der Waals surface area contributed by atoms with Crippen molar-refractivity contribution in [1.82, 2.24) is 0 Å². The summed E-state index contributed by atoms with van der Waals surface area (Å²) in [5.74, 6) is 0. The summed E-state index contributed by atoms with van der Waals surface area (Å²) in [7, 11) is 0. The molecular weight excluding hydrogens is 155 g/mol. The van der Waals surface area contributed by atoms with Crippen LogP contribution in [0.5, 0.6) is 0 Å². The van der Waals surface area contributed by atoms with E-state index in [1.54, 1.807) is 0 Å². The highest BCUT2D eigenvalue weighted by Crippen LogP contribution is 2.51. The van der Waals surface area contributed by atoms with Gasteiger partial charge in [-0.3, -0.25) is 0 Å². The van der Waals surface area contributed by atoms with E-state index in [4.69, 9.17) is 23.2 Å². The number of halogens is 2. The molecule has 0 aromatic rings. The average Bonchev–Trinajstić information content (AvgIpc) is 2.10. The van der Waals surface area contributed by atoms with Gasteiger partial charge in [0.1, 0.15) is 4.84 Å². The normalized spacial score (nSPS) is 27.4. The van der Waals surface area contributed by atoms with Crippen molar-refractivity contribution >= 4 is 23.2 Å². The fraction of sp³-hybridized carbons (Fsp3) is 0.714. The predicted octanol–water partition coefficient (Wildman–Crippen LogP) is 3.15. The van der Waals surface area contributed by atoms with Gasteiger partial charge in [0.05, 0.1) is 0 Å². The molecule has 1 aliphatic rings. The number of rotatable bonds is 1. The molecular formula is C7H10Cl2. The molecule has 0 unspecified atom stereocenters. The summed E-state index contributed by atoms with van der Waals surface area (Å²) in [6.07, 6.45) is 3.08. The summed E-state index contributed by atoms with van der Waals surface area (Å²) in [5, 5.41) is 0. The van der Waals surface area contributed by atoms with Crippen LogP contribution >= 0.6 is 23.2 Å². The quantitative estimate of drug-likeness (QED) is 0.413. The lowest BCUT2D eigenvalue weighted by Crippen LogP contribution is -1.82. The SMILES string of the molecule is CC1(C)C/C1=C\C(Cl)Cl. The summed E-state index contributed by atoms with van der Waals surface area (Å²) in [6.45, 7) is 4.38. The summed E-state index contributed by atoms with van der Waals surface area (Å²) in [6, 6.07) is 0. The van der Waals surface area contributed by atoms with Crippen LogP contribution < -0.4 is 0 Å². The molecule has 0 nitrogen and oxygen atoms in total. The predicted molar refractivity (Wildman–Crippen MR) is 42.0 cm³/mol. The smallest absolute Gasteiger partial charge is 0.101 e. The molecule has 1 aliphatic carbocycles. The Hall–Kier alpha value is 0.320. The molecule has 0 amide bonds. The van der Waals surface area contributed by atoms with Gasteiger partial charge < -0.3 is 0 Å². The molecule has 0 radical (unpaired) electrons. The maximum Gasteiger partial charge on any atom is 0.126 e.